The highest BCUT2D eigenvalue weighted by atomic mass is 32.2. The predicted molar refractivity (Wildman–Crippen MR) is 151 cm³/mol. The lowest BCUT2D eigenvalue weighted by Crippen LogP contribution is -2.19. The first-order valence-corrected chi connectivity index (χ1v) is 12.8. The molecule has 3 N–H and O–H groups in total. The zero-order valence-electron chi connectivity index (χ0n) is 20.4. The number of fused-ring (bicyclic) bond motifs is 1. The van der Waals surface area contributed by atoms with Crippen LogP contribution in [-0.4, -0.2) is 37.3 Å². The van der Waals surface area contributed by atoms with Gasteiger partial charge >= 0.3 is 0 Å². The fraction of sp³-hybridized carbons (Fsp3) is 0.0690. The summed E-state index contributed by atoms with van der Waals surface area (Å²) in [6.45, 7) is 4.35. The van der Waals surface area contributed by atoms with Crippen LogP contribution < -0.4 is 11.1 Å². The molecule has 0 saturated heterocycles. The van der Waals surface area contributed by atoms with Gasteiger partial charge in [-0.2, -0.15) is 0 Å². The number of para-hydroxylation sites is 2. The van der Waals surface area contributed by atoms with Crippen LogP contribution in [0.5, 0.6) is 0 Å². The number of hydrogen-bond acceptors (Lipinski definition) is 6. The summed E-state index contributed by atoms with van der Waals surface area (Å²) in [6, 6.07) is 26.5. The van der Waals surface area contributed by atoms with Crippen LogP contribution in [0.4, 0.5) is 5.69 Å². The van der Waals surface area contributed by atoms with Gasteiger partial charge in [0, 0.05) is 23.1 Å². The second-order valence-electron chi connectivity index (χ2n) is 8.39. The number of pyridine rings is 1. The Morgan fingerprint density at radius 1 is 0.974 bits per heavy atom. The van der Waals surface area contributed by atoms with Crippen molar-refractivity contribution in [2.75, 3.05) is 11.1 Å². The molecule has 5 aromatic rings. The molecule has 0 fully saturated rings. The van der Waals surface area contributed by atoms with Crippen molar-refractivity contribution in [1.82, 2.24) is 19.7 Å². The number of carbonyl (C=O) groups excluding carboxylic acids is 2. The summed E-state index contributed by atoms with van der Waals surface area (Å²) in [5.41, 5.74) is 9.60. The molecule has 0 bridgehead atoms. The number of rotatable bonds is 9. The highest BCUT2D eigenvalue weighted by Crippen LogP contribution is 2.33. The van der Waals surface area contributed by atoms with Crippen LogP contribution >= 0.6 is 11.8 Å². The summed E-state index contributed by atoms with van der Waals surface area (Å²) in [4.78, 5) is 29.3. The molecule has 0 atom stereocenters. The number of allylic oxidation sites excluding steroid dienone is 1. The van der Waals surface area contributed by atoms with Crippen LogP contribution in [0, 0.1) is 0 Å². The summed E-state index contributed by atoms with van der Waals surface area (Å²) in [6.07, 6.45) is 1.77. The maximum atomic E-state index is 12.7. The van der Waals surface area contributed by atoms with E-state index in [1.165, 1.54) is 11.8 Å². The van der Waals surface area contributed by atoms with Crippen LogP contribution in [0.15, 0.2) is 103 Å². The molecular formula is C29H24N6O2S. The van der Waals surface area contributed by atoms with Crippen molar-refractivity contribution in [3.63, 3.8) is 0 Å². The van der Waals surface area contributed by atoms with E-state index in [0.29, 0.717) is 23.2 Å². The second-order valence-corrected chi connectivity index (χ2v) is 9.33. The van der Waals surface area contributed by atoms with Crippen molar-refractivity contribution in [2.45, 2.75) is 11.7 Å². The van der Waals surface area contributed by atoms with Crippen LogP contribution in [0.3, 0.4) is 0 Å². The smallest absolute Gasteiger partial charge is 0.250 e. The molecule has 0 aliphatic carbocycles. The summed E-state index contributed by atoms with van der Waals surface area (Å²) in [5, 5.41) is 13.2. The van der Waals surface area contributed by atoms with Gasteiger partial charge in [-0.3, -0.25) is 14.2 Å². The molecule has 0 aliphatic rings. The maximum Gasteiger partial charge on any atom is 0.250 e. The lowest BCUT2D eigenvalue weighted by Gasteiger charge is -2.12. The van der Waals surface area contributed by atoms with Crippen LogP contribution in [0.25, 0.3) is 33.5 Å². The average Bonchev–Trinajstić information content (AvgIpc) is 3.34. The number of nitrogens with two attached hydrogens (primary N) is 1. The van der Waals surface area contributed by atoms with Crippen LogP contribution in [0.2, 0.25) is 0 Å². The number of amides is 2. The van der Waals surface area contributed by atoms with Gasteiger partial charge in [-0.15, -0.1) is 16.8 Å². The van der Waals surface area contributed by atoms with Gasteiger partial charge in [0.15, 0.2) is 11.0 Å². The van der Waals surface area contributed by atoms with Crippen LogP contribution in [-0.2, 0) is 11.3 Å². The standard InChI is InChI=1S/C29H24N6O2S/c1-2-16-35-28(22-17-25(19-10-4-3-5-11-19)31-23-14-8-6-12-20(22)23)33-34-29(35)38-18-26(36)32-24-15-9-7-13-21(24)27(30)37/h2-15,17H,1,16,18H2,(H2,30,37)(H,32,36). The first-order chi connectivity index (χ1) is 18.5. The second kappa shape index (κ2) is 11.1. The number of aromatic nitrogens is 4. The largest absolute Gasteiger partial charge is 0.366 e. The van der Waals surface area contributed by atoms with E-state index in [1.54, 1.807) is 30.3 Å². The minimum absolute atomic E-state index is 0.0642. The first-order valence-electron chi connectivity index (χ1n) is 11.9. The Morgan fingerprint density at radius 3 is 2.50 bits per heavy atom. The third-order valence-electron chi connectivity index (χ3n) is 5.85. The van der Waals surface area contributed by atoms with E-state index in [-0.39, 0.29) is 17.2 Å². The fourth-order valence-corrected chi connectivity index (χ4v) is 4.88. The molecule has 2 heterocycles. The van der Waals surface area contributed by atoms with E-state index in [4.69, 9.17) is 10.7 Å². The number of primary amides is 1. The minimum Gasteiger partial charge on any atom is -0.366 e. The zero-order chi connectivity index (χ0) is 26.5. The lowest BCUT2D eigenvalue weighted by atomic mass is 10.0. The van der Waals surface area contributed by atoms with E-state index >= 15 is 0 Å². The fourth-order valence-electron chi connectivity index (χ4n) is 4.13. The number of hydrogen-bond donors (Lipinski definition) is 2. The van der Waals surface area contributed by atoms with Gasteiger partial charge in [0.1, 0.15) is 0 Å². The molecule has 9 heteroatoms. The number of benzene rings is 3. The topological polar surface area (TPSA) is 116 Å². The third kappa shape index (κ3) is 5.18. The Balaban J connectivity index is 1.47. The maximum absolute atomic E-state index is 12.7. The molecular weight excluding hydrogens is 496 g/mol. The minimum atomic E-state index is -0.608. The van der Waals surface area contributed by atoms with Crippen molar-refractivity contribution in [1.29, 1.82) is 0 Å². The molecule has 3 aromatic carbocycles. The SMILES string of the molecule is C=CCn1c(SCC(=O)Nc2ccccc2C(N)=O)nnc1-c1cc(-c2ccccc2)nc2ccccc12. The Hall–Kier alpha value is -4.76. The molecule has 5 rings (SSSR count). The number of nitrogens with zero attached hydrogens (tertiary/aromatic N) is 4. The van der Waals surface area contributed by atoms with Crippen molar-refractivity contribution < 1.29 is 9.59 Å². The first kappa shape index (κ1) is 24.9. The summed E-state index contributed by atoms with van der Waals surface area (Å²) in [7, 11) is 0. The van der Waals surface area contributed by atoms with E-state index in [0.717, 1.165) is 27.7 Å². The molecule has 0 radical (unpaired) electrons. The van der Waals surface area contributed by atoms with E-state index in [1.807, 2.05) is 65.2 Å². The number of carbonyl (C=O) groups is 2. The Bertz CT molecular complexity index is 1650. The van der Waals surface area contributed by atoms with E-state index in [2.05, 4.69) is 22.1 Å². The molecule has 8 nitrogen and oxygen atoms in total. The van der Waals surface area contributed by atoms with Gasteiger partial charge in [0.2, 0.25) is 5.91 Å². The number of nitrogens with one attached hydrogen (secondary N) is 1. The van der Waals surface area contributed by atoms with Crippen molar-refractivity contribution in [2.24, 2.45) is 5.73 Å². The van der Waals surface area contributed by atoms with Gasteiger partial charge in [-0.25, -0.2) is 4.98 Å². The molecule has 2 amide bonds. The van der Waals surface area contributed by atoms with Crippen molar-refractivity contribution in [3.05, 3.63) is 103 Å². The monoisotopic (exact) mass is 520 g/mol. The molecule has 38 heavy (non-hydrogen) atoms. The highest BCUT2D eigenvalue weighted by molar-refractivity contribution is 7.99. The van der Waals surface area contributed by atoms with Gasteiger partial charge in [0.05, 0.1) is 28.2 Å². The highest BCUT2D eigenvalue weighted by Gasteiger charge is 2.19. The predicted octanol–water partition coefficient (Wildman–Crippen LogP) is 5.18. The molecule has 0 saturated carbocycles. The molecule has 0 unspecified atom stereocenters. The number of thioether (sulfide) groups is 1. The quantitative estimate of drug-likeness (QED) is 0.204. The Labute approximate surface area is 223 Å². The number of anilines is 1. The molecule has 0 spiro atoms. The van der Waals surface area contributed by atoms with Gasteiger partial charge in [-0.05, 0) is 24.3 Å². The summed E-state index contributed by atoms with van der Waals surface area (Å²) in [5.74, 6) is -0.181. The van der Waals surface area contributed by atoms with E-state index in [9.17, 15) is 9.59 Å². The lowest BCUT2D eigenvalue weighted by molar-refractivity contribution is -0.113. The normalized spacial score (nSPS) is 10.8. The van der Waals surface area contributed by atoms with Gasteiger partial charge in [0.25, 0.3) is 5.91 Å². The Morgan fingerprint density at radius 2 is 1.71 bits per heavy atom. The zero-order valence-corrected chi connectivity index (χ0v) is 21.2. The molecule has 188 valence electrons. The third-order valence-corrected chi connectivity index (χ3v) is 6.82. The van der Waals surface area contributed by atoms with Crippen LogP contribution in [0.1, 0.15) is 10.4 Å². The van der Waals surface area contributed by atoms with Gasteiger partial charge < -0.3 is 11.1 Å². The van der Waals surface area contributed by atoms with Gasteiger partial charge in [-0.1, -0.05) is 78.5 Å². The average molecular weight is 521 g/mol. The molecule has 2 aromatic heterocycles. The van der Waals surface area contributed by atoms with Crippen molar-refractivity contribution >= 4 is 40.2 Å². The molecule has 0 aliphatic heterocycles. The Kier molecular flexibility index (Phi) is 7.28. The summed E-state index contributed by atoms with van der Waals surface area (Å²) < 4.78 is 1.93. The van der Waals surface area contributed by atoms with Crippen molar-refractivity contribution in [3.8, 4) is 22.6 Å². The van der Waals surface area contributed by atoms with E-state index < -0.39 is 5.91 Å². The summed E-state index contributed by atoms with van der Waals surface area (Å²) >= 11 is 1.25.